The van der Waals surface area contributed by atoms with Crippen LogP contribution >= 0.6 is 0 Å². The summed E-state index contributed by atoms with van der Waals surface area (Å²) in [6.07, 6.45) is 0.358. The van der Waals surface area contributed by atoms with Gasteiger partial charge in [-0.15, -0.1) is 0 Å². The van der Waals surface area contributed by atoms with Crippen molar-refractivity contribution in [1.29, 1.82) is 0 Å². The van der Waals surface area contributed by atoms with Gasteiger partial charge >= 0.3 is 6.18 Å². The fourth-order valence-electron chi connectivity index (χ4n) is 4.70. The highest BCUT2D eigenvalue weighted by Crippen LogP contribution is 2.39. The van der Waals surface area contributed by atoms with Crippen LogP contribution in [0.3, 0.4) is 0 Å². The fourth-order valence-corrected chi connectivity index (χ4v) is 4.70. The number of nitrogens with zero attached hydrogens (tertiary/aromatic N) is 3. The summed E-state index contributed by atoms with van der Waals surface area (Å²) in [4.78, 5) is 16.0. The number of hydrogen-bond acceptors (Lipinski definition) is 7. The summed E-state index contributed by atoms with van der Waals surface area (Å²) in [6.45, 7) is 5.09. The molecule has 182 valence electrons. The third kappa shape index (κ3) is 4.59. The molecule has 34 heavy (non-hydrogen) atoms. The van der Waals surface area contributed by atoms with Crippen molar-refractivity contribution in [2.45, 2.75) is 50.6 Å². The molecule has 0 spiro atoms. The Labute approximate surface area is 195 Å². The Kier molecular flexibility index (Phi) is 6.41. The van der Waals surface area contributed by atoms with E-state index in [1.807, 2.05) is 6.07 Å². The normalized spacial score (nSPS) is 23.8. The SMILES string of the molecule is CCC1NCCO[C@@H]1c1ccc2c(-c3nc(N[C@H]4CCCNC4)ncc3C(F)(F)F)c[nH]c2n1. The summed E-state index contributed by atoms with van der Waals surface area (Å²) in [5.74, 6) is 0.183. The van der Waals surface area contributed by atoms with E-state index in [-0.39, 0.29) is 29.8 Å². The van der Waals surface area contributed by atoms with E-state index < -0.39 is 11.7 Å². The van der Waals surface area contributed by atoms with E-state index in [1.54, 1.807) is 6.07 Å². The Balaban J connectivity index is 1.51. The first-order valence-corrected chi connectivity index (χ1v) is 11.7. The summed E-state index contributed by atoms with van der Waals surface area (Å²) in [5.41, 5.74) is 0.524. The van der Waals surface area contributed by atoms with E-state index in [0.29, 0.717) is 23.2 Å². The predicted molar refractivity (Wildman–Crippen MR) is 122 cm³/mol. The first kappa shape index (κ1) is 23.0. The van der Waals surface area contributed by atoms with Crippen LogP contribution in [0.15, 0.2) is 24.5 Å². The molecule has 0 radical (unpaired) electrons. The summed E-state index contributed by atoms with van der Waals surface area (Å²) >= 11 is 0. The molecule has 2 fully saturated rings. The van der Waals surface area contributed by atoms with Crippen LogP contribution in [0.2, 0.25) is 0 Å². The number of nitrogens with one attached hydrogen (secondary N) is 4. The molecule has 3 aromatic rings. The van der Waals surface area contributed by atoms with Gasteiger partial charge in [-0.3, -0.25) is 0 Å². The number of piperidine rings is 1. The van der Waals surface area contributed by atoms with Crippen molar-refractivity contribution in [2.24, 2.45) is 0 Å². The number of pyridine rings is 1. The Morgan fingerprint density at radius 1 is 1.21 bits per heavy atom. The second kappa shape index (κ2) is 9.47. The third-order valence-corrected chi connectivity index (χ3v) is 6.44. The molecule has 4 N–H and O–H groups in total. The molecule has 5 heterocycles. The van der Waals surface area contributed by atoms with E-state index in [4.69, 9.17) is 4.74 Å². The zero-order valence-corrected chi connectivity index (χ0v) is 18.9. The lowest BCUT2D eigenvalue weighted by Gasteiger charge is -2.31. The maximum Gasteiger partial charge on any atom is 0.419 e. The highest BCUT2D eigenvalue weighted by Gasteiger charge is 2.36. The van der Waals surface area contributed by atoms with Crippen LogP contribution in [0.4, 0.5) is 19.1 Å². The lowest BCUT2D eigenvalue weighted by atomic mass is 10.0. The van der Waals surface area contributed by atoms with Crippen LogP contribution in [0.5, 0.6) is 0 Å². The minimum Gasteiger partial charge on any atom is -0.369 e. The molecular formula is C23H28F3N7O. The van der Waals surface area contributed by atoms with Crippen molar-refractivity contribution in [2.75, 3.05) is 31.6 Å². The molecule has 0 amide bonds. The Hall–Kier alpha value is -2.76. The number of alkyl halides is 3. The molecule has 0 bridgehead atoms. The fraction of sp³-hybridized carbons (Fsp3) is 0.522. The monoisotopic (exact) mass is 475 g/mol. The Morgan fingerprint density at radius 2 is 2.09 bits per heavy atom. The van der Waals surface area contributed by atoms with E-state index in [0.717, 1.165) is 50.8 Å². The molecule has 0 aromatic carbocycles. The van der Waals surface area contributed by atoms with Gasteiger partial charge in [-0.25, -0.2) is 15.0 Å². The van der Waals surface area contributed by atoms with Gasteiger partial charge in [-0.05, 0) is 37.9 Å². The van der Waals surface area contributed by atoms with Gasteiger partial charge < -0.3 is 25.7 Å². The standard InChI is InChI=1S/C23H28F3N7O/c1-2-17-20(34-9-8-28-17)18-6-5-14-15(11-29-21(14)32-18)19-16(23(24,25)26)12-30-22(33-19)31-13-4-3-7-27-10-13/h5-6,11-13,17,20,27-28H,2-4,7-10H2,1H3,(H,29,32)(H,30,31,33)/t13-,17?,20-/m0/s1. The summed E-state index contributed by atoms with van der Waals surface area (Å²) in [6, 6.07) is 3.81. The van der Waals surface area contributed by atoms with Crippen molar-refractivity contribution in [3.05, 3.63) is 35.8 Å². The number of halogens is 3. The predicted octanol–water partition coefficient (Wildman–Crippen LogP) is 3.64. The highest BCUT2D eigenvalue weighted by molar-refractivity contribution is 5.93. The average molecular weight is 476 g/mol. The van der Waals surface area contributed by atoms with Gasteiger partial charge in [-0.2, -0.15) is 13.2 Å². The van der Waals surface area contributed by atoms with E-state index in [2.05, 4.69) is 42.8 Å². The van der Waals surface area contributed by atoms with Crippen LogP contribution in [-0.2, 0) is 10.9 Å². The number of anilines is 1. The first-order chi connectivity index (χ1) is 16.4. The topological polar surface area (TPSA) is 99.8 Å². The molecule has 2 saturated heterocycles. The number of ether oxygens (including phenoxy) is 1. The summed E-state index contributed by atoms with van der Waals surface area (Å²) < 4.78 is 47.5. The largest absolute Gasteiger partial charge is 0.419 e. The number of H-pyrrole nitrogens is 1. The molecule has 11 heteroatoms. The minimum absolute atomic E-state index is 0.0705. The quantitative estimate of drug-likeness (QED) is 0.447. The Morgan fingerprint density at radius 3 is 2.85 bits per heavy atom. The average Bonchev–Trinajstić information content (AvgIpc) is 3.27. The first-order valence-electron chi connectivity index (χ1n) is 11.7. The zero-order chi connectivity index (χ0) is 23.7. The minimum atomic E-state index is -4.59. The molecule has 2 aliphatic heterocycles. The number of hydrogen-bond donors (Lipinski definition) is 4. The second-order valence-corrected chi connectivity index (χ2v) is 8.74. The van der Waals surface area contributed by atoms with Crippen molar-refractivity contribution >= 4 is 17.0 Å². The molecular weight excluding hydrogens is 447 g/mol. The van der Waals surface area contributed by atoms with Crippen LogP contribution in [0, 0.1) is 0 Å². The molecule has 3 aromatic heterocycles. The van der Waals surface area contributed by atoms with Crippen LogP contribution in [0.1, 0.15) is 43.5 Å². The third-order valence-electron chi connectivity index (χ3n) is 6.44. The van der Waals surface area contributed by atoms with Gasteiger partial charge in [0.2, 0.25) is 5.95 Å². The maximum atomic E-state index is 13.9. The lowest BCUT2D eigenvalue weighted by Crippen LogP contribution is -2.43. The molecule has 3 atom stereocenters. The molecule has 0 aliphatic carbocycles. The lowest BCUT2D eigenvalue weighted by molar-refractivity contribution is -0.137. The summed E-state index contributed by atoms with van der Waals surface area (Å²) in [5, 5.41) is 10.4. The van der Waals surface area contributed by atoms with Gasteiger partial charge in [-0.1, -0.05) is 6.92 Å². The van der Waals surface area contributed by atoms with E-state index in [9.17, 15) is 13.2 Å². The number of aromatic amines is 1. The number of aromatic nitrogens is 4. The van der Waals surface area contributed by atoms with Gasteiger partial charge in [0, 0.05) is 48.5 Å². The smallest absolute Gasteiger partial charge is 0.369 e. The summed E-state index contributed by atoms with van der Waals surface area (Å²) in [7, 11) is 0. The van der Waals surface area contributed by atoms with Crippen LogP contribution in [0.25, 0.3) is 22.3 Å². The molecule has 2 aliphatic rings. The second-order valence-electron chi connectivity index (χ2n) is 8.74. The van der Waals surface area contributed by atoms with Crippen molar-refractivity contribution < 1.29 is 17.9 Å². The van der Waals surface area contributed by atoms with Crippen LogP contribution in [-0.4, -0.2) is 58.3 Å². The van der Waals surface area contributed by atoms with Crippen molar-refractivity contribution in [3.63, 3.8) is 0 Å². The molecule has 5 rings (SSSR count). The van der Waals surface area contributed by atoms with Gasteiger partial charge in [0.15, 0.2) is 0 Å². The zero-order valence-electron chi connectivity index (χ0n) is 18.9. The maximum absolute atomic E-state index is 13.9. The molecule has 1 unspecified atom stereocenters. The highest BCUT2D eigenvalue weighted by atomic mass is 19.4. The molecule has 0 saturated carbocycles. The van der Waals surface area contributed by atoms with Crippen molar-refractivity contribution in [3.8, 4) is 11.3 Å². The van der Waals surface area contributed by atoms with Gasteiger partial charge in [0.1, 0.15) is 17.3 Å². The van der Waals surface area contributed by atoms with E-state index in [1.165, 1.54) is 6.20 Å². The van der Waals surface area contributed by atoms with Gasteiger partial charge in [0.05, 0.1) is 18.0 Å². The number of morpholine rings is 1. The van der Waals surface area contributed by atoms with Crippen LogP contribution < -0.4 is 16.0 Å². The molecule has 8 nitrogen and oxygen atoms in total. The van der Waals surface area contributed by atoms with Crippen molar-refractivity contribution in [1.82, 2.24) is 30.6 Å². The number of fused-ring (bicyclic) bond motifs is 1. The Bertz CT molecular complexity index is 1140. The number of rotatable bonds is 5. The van der Waals surface area contributed by atoms with Gasteiger partial charge in [0.25, 0.3) is 0 Å². The van der Waals surface area contributed by atoms with E-state index >= 15 is 0 Å².